The van der Waals surface area contributed by atoms with E-state index in [9.17, 15) is 9.90 Å². The maximum Gasteiger partial charge on any atom is 0.253 e. The van der Waals surface area contributed by atoms with Crippen molar-refractivity contribution >= 4 is 5.91 Å². The summed E-state index contributed by atoms with van der Waals surface area (Å²) in [4.78, 5) is 20.1. The number of terminal acetylenes is 1. The van der Waals surface area contributed by atoms with Crippen molar-refractivity contribution in [3.63, 3.8) is 0 Å². The molecule has 5 heteroatoms. The van der Waals surface area contributed by atoms with E-state index in [1.807, 2.05) is 24.3 Å². The van der Waals surface area contributed by atoms with Crippen molar-refractivity contribution in [2.75, 3.05) is 13.1 Å². The minimum atomic E-state index is -1.20. The number of piperidine rings is 3. The molecule has 0 radical (unpaired) electrons. The zero-order chi connectivity index (χ0) is 22.8. The quantitative estimate of drug-likeness (QED) is 0.693. The maximum atomic E-state index is 13.1. The summed E-state index contributed by atoms with van der Waals surface area (Å²) >= 11 is 0. The molecule has 1 aliphatic carbocycles. The Bertz CT molecular complexity index is 1030. The minimum absolute atomic E-state index is 0.0764. The second kappa shape index (κ2) is 9.29. The van der Waals surface area contributed by atoms with E-state index in [2.05, 4.69) is 28.3 Å². The van der Waals surface area contributed by atoms with Crippen LogP contribution in [0.2, 0.25) is 0 Å². The van der Waals surface area contributed by atoms with Crippen LogP contribution in [0.15, 0.2) is 42.6 Å². The summed E-state index contributed by atoms with van der Waals surface area (Å²) in [7, 11) is 0. The third-order valence-electron chi connectivity index (χ3n) is 7.88. The Balaban J connectivity index is 1.52. The average Bonchev–Trinajstić information content (AvgIpc) is 2.86. The first-order valence-electron chi connectivity index (χ1n) is 12.4. The average molecular weight is 444 g/mol. The Hall–Kier alpha value is -2.68. The van der Waals surface area contributed by atoms with Gasteiger partial charge in [0.25, 0.3) is 5.91 Å². The number of benzene rings is 1. The van der Waals surface area contributed by atoms with Crippen molar-refractivity contribution in [2.45, 2.75) is 69.1 Å². The van der Waals surface area contributed by atoms with E-state index in [0.29, 0.717) is 17.7 Å². The minimum Gasteiger partial charge on any atom is -0.381 e. The van der Waals surface area contributed by atoms with Crippen molar-refractivity contribution in [3.05, 3.63) is 65.0 Å². The van der Waals surface area contributed by atoms with E-state index in [4.69, 9.17) is 11.4 Å². The molecule has 4 aliphatic rings. The first-order valence-corrected chi connectivity index (χ1v) is 12.4. The van der Waals surface area contributed by atoms with Gasteiger partial charge in [-0.15, -0.1) is 6.42 Å². The Kier molecular flexibility index (Phi) is 6.23. The number of rotatable bonds is 5. The zero-order valence-corrected chi connectivity index (χ0v) is 19.2. The van der Waals surface area contributed by atoms with Crippen molar-refractivity contribution in [1.29, 1.82) is 0 Å². The highest BCUT2D eigenvalue weighted by Crippen LogP contribution is 2.47. The molecule has 172 valence electrons. The SMILES string of the molecule is C#CC1N2CCC(CC2)C1(O)c1ncc(C(=O)NC2CCCCC2)cc1Cc1ccccc1. The van der Waals surface area contributed by atoms with Gasteiger partial charge in [0.05, 0.1) is 11.3 Å². The number of carbonyl (C=O) groups is 1. The van der Waals surface area contributed by atoms with Gasteiger partial charge in [-0.25, -0.2) is 0 Å². The van der Waals surface area contributed by atoms with Gasteiger partial charge in [0.1, 0.15) is 11.6 Å². The van der Waals surface area contributed by atoms with Crippen molar-refractivity contribution in [3.8, 4) is 12.3 Å². The maximum absolute atomic E-state index is 13.1. The largest absolute Gasteiger partial charge is 0.381 e. The lowest BCUT2D eigenvalue weighted by Gasteiger charge is -2.54. The Labute approximate surface area is 196 Å². The first-order chi connectivity index (χ1) is 16.1. The predicted molar refractivity (Wildman–Crippen MR) is 129 cm³/mol. The highest BCUT2D eigenvalue weighted by Gasteiger charge is 2.55. The van der Waals surface area contributed by atoms with E-state index in [1.165, 1.54) is 19.3 Å². The number of nitrogens with zero attached hydrogens (tertiary/aromatic N) is 2. The van der Waals surface area contributed by atoms with Crippen LogP contribution in [0.5, 0.6) is 0 Å². The fourth-order valence-corrected chi connectivity index (χ4v) is 6.12. The summed E-state index contributed by atoms with van der Waals surface area (Å²) in [6.07, 6.45) is 15.6. The third-order valence-corrected chi connectivity index (χ3v) is 7.88. The van der Waals surface area contributed by atoms with Crippen LogP contribution in [0, 0.1) is 18.3 Å². The van der Waals surface area contributed by atoms with Crippen LogP contribution in [0.4, 0.5) is 0 Å². The summed E-state index contributed by atoms with van der Waals surface area (Å²) in [6, 6.07) is 11.9. The molecule has 0 spiro atoms. The van der Waals surface area contributed by atoms with Gasteiger partial charge in [-0.05, 0) is 68.3 Å². The second-order valence-corrected chi connectivity index (χ2v) is 9.91. The van der Waals surface area contributed by atoms with E-state index >= 15 is 0 Å². The Morgan fingerprint density at radius 1 is 1.15 bits per heavy atom. The van der Waals surface area contributed by atoms with Crippen LogP contribution >= 0.6 is 0 Å². The first kappa shape index (κ1) is 22.1. The molecule has 1 aromatic carbocycles. The van der Waals surface area contributed by atoms with Gasteiger partial charge < -0.3 is 10.4 Å². The van der Waals surface area contributed by atoms with Crippen LogP contribution in [-0.4, -0.2) is 46.1 Å². The topological polar surface area (TPSA) is 65.5 Å². The number of fused-ring (bicyclic) bond motifs is 3. The normalized spacial score (nSPS) is 29.4. The van der Waals surface area contributed by atoms with E-state index in [-0.39, 0.29) is 17.9 Å². The highest BCUT2D eigenvalue weighted by atomic mass is 16.3. The number of pyridine rings is 1. The van der Waals surface area contributed by atoms with Gasteiger partial charge in [-0.2, -0.15) is 0 Å². The molecular formula is C28H33N3O2. The van der Waals surface area contributed by atoms with Crippen molar-refractivity contribution < 1.29 is 9.90 Å². The van der Waals surface area contributed by atoms with Gasteiger partial charge in [0, 0.05) is 12.2 Å². The number of aromatic nitrogens is 1. The number of hydrogen-bond acceptors (Lipinski definition) is 4. The summed E-state index contributed by atoms with van der Waals surface area (Å²) in [5.41, 5.74) is 1.99. The zero-order valence-electron chi connectivity index (χ0n) is 19.2. The molecule has 5 nitrogen and oxygen atoms in total. The molecule has 1 aromatic heterocycles. The molecule has 2 bridgehead atoms. The molecule has 4 heterocycles. The monoisotopic (exact) mass is 443 g/mol. The van der Waals surface area contributed by atoms with Crippen LogP contribution in [0.25, 0.3) is 0 Å². The Morgan fingerprint density at radius 2 is 1.88 bits per heavy atom. The van der Waals surface area contributed by atoms with Crippen LogP contribution < -0.4 is 5.32 Å². The van der Waals surface area contributed by atoms with Gasteiger partial charge in [0.15, 0.2) is 0 Å². The molecular weight excluding hydrogens is 410 g/mol. The second-order valence-electron chi connectivity index (χ2n) is 9.91. The van der Waals surface area contributed by atoms with Crippen LogP contribution in [-0.2, 0) is 12.0 Å². The number of carbonyl (C=O) groups excluding carboxylic acids is 1. The Morgan fingerprint density at radius 3 is 2.58 bits per heavy atom. The van der Waals surface area contributed by atoms with Crippen LogP contribution in [0.1, 0.15) is 72.1 Å². The number of amides is 1. The third kappa shape index (κ3) is 4.18. The molecule has 6 rings (SSSR count). The van der Waals surface area contributed by atoms with E-state index in [1.54, 1.807) is 6.20 Å². The lowest BCUT2D eigenvalue weighted by Crippen LogP contribution is -2.64. The molecule has 4 fully saturated rings. The van der Waals surface area contributed by atoms with Gasteiger partial charge in [0.2, 0.25) is 0 Å². The van der Waals surface area contributed by atoms with Crippen molar-refractivity contribution in [1.82, 2.24) is 15.2 Å². The van der Waals surface area contributed by atoms with Gasteiger partial charge in [-0.1, -0.05) is 55.5 Å². The summed E-state index contributed by atoms with van der Waals surface area (Å²) in [5, 5.41) is 15.3. The fraction of sp³-hybridized carbons (Fsp3) is 0.500. The predicted octanol–water partition coefficient (Wildman–Crippen LogP) is 3.65. The molecule has 33 heavy (non-hydrogen) atoms. The molecule has 1 saturated carbocycles. The standard InChI is InChI=1S/C28H33N3O2/c1-2-25-28(33,23-13-15-31(25)16-14-23)26-21(17-20-9-5-3-6-10-20)18-22(19-29-26)27(32)30-24-11-7-4-8-12-24/h1,3,5-6,9-10,18-19,23-25,33H,4,7-8,11-17H2,(H,30,32). The molecule has 3 saturated heterocycles. The molecule has 2 aromatic rings. The number of aliphatic hydroxyl groups is 1. The van der Waals surface area contributed by atoms with Crippen molar-refractivity contribution in [2.24, 2.45) is 5.92 Å². The molecule has 1 amide bonds. The highest BCUT2D eigenvalue weighted by molar-refractivity contribution is 5.94. The molecule has 2 N–H and O–H groups in total. The molecule has 3 aliphatic heterocycles. The van der Waals surface area contributed by atoms with Gasteiger partial charge >= 0.3 is 0 Å². The molecule has 2 atom stereocenters. The smallest absolute Gasteiger partial charge is 0.253 e. The van der Waals surface area contributed by atoms with E-state index in [0.717, 1.165) is 49.9 Å². The number of hydrogen-bond donors (Lipinski definition) is 2. The summed E-state index contributed by atoms with van der Waals surface area (Å²) < 4.78 is 0. The number of nitrogens with one attached hydrogen (secondary N) is 1. The lowest BCUT2D eigenvalue weighted by atomic mass is 9.67. The van der Waals surface area contributed by atoms with E-state index < -0.39 is 11.6 Å². The van der Waals surface area contributed by atoms with Gasteiger partial charge in [-0.3, -0.25) is 14.7 Å². The fourth-order valence-electron chi connectivity index (χ4n) is 6.12. The molecule has 2 unspecified atom stereocenters. The van der Waals surface area contributed by atoms with Crippen LogP contribution in [0.3, 0.4) is 0 Å². The lowest BCUT2D eigenvalue weighted by molar-refractivity contribution is -0.145. The summed E-state index contributed by atoms with van der Waals surface area (Å²) in [6.45, 7) is 1.83. The summed E-state index contributed by atoms with van der Waals surface area (Å²) in [5.74, 6) is 2.86.